The van der Waals surface area contributed by atoms with Gasteiger partial charge >= 0.3 is 13.1 Å². The minimum Gasteiger partial charge on any atom is -0.480 e. The first kappa shape index (κ1) is 13.4. The Morgan fingerprint density at radius 2 is 2.19 bits per heavy atom. The van der Waals surface area contributed by atoms with E-state index in [2.05, 4.69) is 5.32 Å². The molecule has 1 heterocycles. The second-order valence-electron chi connectivity index (χ2n) is 4.32. The van der Waals surface area contributed by atoms with E-state index in [-0.39, 0.29) is 18.3 Å². The third-order valence-electron chi connectivity index (χ3n) is 3.06. The zero-order chi connectivity index (χ0) is 12.1. The molecule has 0 spiro atoms. The van der Waals surface area contributed by atoms with Crippen molar-refractivity contribution in [3.05, 3.63) is 0 Å². The van der Waals surface area contributed by atoms with Gasteiger partial charge in [-0.2, -0.15) is 0 Å². The fourth-order valence-electron chi connectivity index (χ4n) is 2.24. The molecule has 6 nitrogen and oxygen atoms in total. The monoisotopic (exact) mass is 230 g/mol. The Kier molecular flexibility index (Phi) is 5.20. The van der Waals surface area contributed by atoms with Crippen LogP contribution < -0.4 is 11.1 Å². The second kappa shape index (κ2) is 6.19. The van der Waals surface area contributed by atoms with Gasteiger partial charge in [-0.1, -0.05) is 6.42 Å². The summed E-state index contributed by atoms with van der Waals surface area (Å²) in [6.45, 7) is 0.433. The highest BCUT2D eigenvalue weighted by Gasteiger charge is 2.37. The predicted octanol–water partition coefficient (Wildman–Crippen LogP) is -1.37. The average molecular weight is 230 g/mol. The van der Waals surface area contributed by atoms with Crippen molar-refractivity contribution in [2.75, 3.05) is 6.54 Å². The summed E-state index contributed by atoms with van der Waals surface area (Å²) < 4.78 is 0. The Bertz CT molecular complexity index is 240. The molecule has 0 radical (unpaired) electrons. The summed E-state index contributed by atoms with van der Waals surface area (Å²) in [7, 11) is -1.30. The van der Waals surface area contributed by atoms with Crippen LogP contribution in [0.5, 0.6) is 0 Å². The van der Waals surface area contributed by atoms with E-state index in [4.69, 9.17) is 20.9 Å². The minimum absolute atomic E-state index is 0.0322. The van der Waals surface area contributed by atoms with Gasteiger partial charge < -0.3 is 26.2 Å². The largest absolute Gasteiger partial charge is 0.480 e. The number of carbonyl (C=O) groups is 1. The summed E-state index contributed by atoms with van der Waals surface area (Å²) in [6.07, 6.45) is 2.33. The van der Waals surface area contributed by atoms with Crippen LogP contribution in [-0.4, -0.2) is 46.9 Å². The molecule has 0 saturated carbocycles. The lowest BCUT2D eigenvalue weighted by molar-refractivity contribution is -0.140. The molecule has 1 rings (SSSR count). The van der Waals surface area contributed by atoms with E-state index in [1.807, 2.05) is 0 Å². The van der Waals surface area contributed by atoms with Crippen LogP contribution in [0, 0.1) is 5.92 Å². The minimum atomic E-state index is -1.30. The number of carboxylic acid groups (broad SMARTS) is 1. The molecular weight excluding hydrogens is 211 g/mol. The van der Waals surface area contributed by atoms with E-state index in [1.165, 1.54) is 0 Å². The van der Waals surface area contributed by atoms with Gasteiger partial charge in [0, 0.05) is 12.6 Å². The molecule has 0 aromatic heterocycles. The van der Waals surface area contributed by atoms with E-state index in [0.717, 1.165) is 6.42 Å². The Labute approximate surface area is 95.0 Å². The molecule has 7 heteroatoms. The molecule has 92 valence electrons. The third kappa shape index (κ3) is 3.75. The van der Waals surface area contributed by atoms with Gasteiger partial charge in [0.25, 0.3) is 0 Å². The fraction of sp³-hybridized carbons (Fsp3) is 0.889. The van der Waals surface area contributed by atoms with Crippen molar-refractivity contribution in [3.63, 3.8) is 0 Å². The van der Waals surface area contributed by atoms with Gasteiger partial charge in [0.15, 0.2) is 0 Å². The molecule has 0 aromatic carbocycles. The quantitative estimate of drug-likeness (QED) is 0.359. The average Bonchev–Trinajstić information content (AvgIpc) is 2.60. The van der Waals surface area contributed by atoms with E-state index >= 15 is 0 Å². The third-order valence-corrected chi connectivity index (χ3v) is 3.06. The van der Waals surface area contributed by atoms with Gasteiger partial charge in [0.1, 0.15) is 6.04 Å². The van der Waals surface area contributed by atoms with Crippen LogP contribution in [0.3, 0.4) is 0 Å². The lowest BCUT2D eigenvalue weighted by Crippen LogP contribution is -2.40. The van der Waals surface area contributed by atoms with Crippen molar-refractivity contribution in [2.24, 2.45) is 11.7 Å². The maximum absolute atomic E-state index is 11.0. The standard InChI is InChI=1S/C9H19BN2O4/c11-5-7-4-6(2-1-3-10(15)16)8(12-7)9(13)14/h6-8,12,15-16H,1-5,11H2,(H,13,14). The first-order valence-electron chi connectivity index (χ1n) is 5.59. The van der Waals surface area contributed by atoms with E-state index in [1.54, 1.807) is 0 Å². The summed E-state index contributed by atoms with van der Waals surface area (Å²) in [6, 6.07) is -0.491. The first-order chi connectivity index (χ1) is 7.54. The first-order valence-corrected chi connectivity index (χ1v) is 5.59. The number of hydrogen-bond acceptors (Lipinski definition) is 5. The maximum Gasteiger partial charge on any atom is 0.451 e. The van der Waals surface area contributed by atoms with E-state index in [9.17, 15) is 4.79 Å². The van der Waals surface area contributed by atoms with Crippen LogP contribution in [0.4, 0.5) is 0 Å². The molecule has 1 aliphatic rings. The summed E-state index contributed by atoms with van der Waals surface area (Å²) in [5, 5.41) is 29.4. The van der Waals surface area contributed by atoms with E-state index < -0.39 is 19.1 Å². The SMILES string of the molecule is NCC1CC(CCCB(O)O)C(C(=O)O)N1. The topological polar surface area (TPSA) is 116 Å². The highest BCUT2D eigenvalue weighted by atomic mass is 16.4. The smallest absolute Gasteiger partial charge is 0.451 e. The van der Waals surface area contributed by atoms with Gasteiger partial charge in [-0.15, -0.1) is 0 Å². The molecule has 0 aromatic rings. The Morgan fingerprint density at radius 3 is 2.69 bits per heavy atom. The number of carboxylic acids is 1. The summed E-state index contributed by atoms with van der Waals surface area (Å²) in [5.74, 6) is -0.824. The fourth-order valence-corrected chi connectivity index (χ4v) is 2.24. The van der Waals surface area contributed by atoms with Crippen LogP contribution in [0.1, 0.15) is 19.3 Å². The molecular formula is C9H19BN2O4. The maximum atomic E-state index is 11.0. The Morgan fingerprint density at radius 1 is 1.50 bits per heavy atom. The molecule has 0 amide bonds. The summed E-state index contributed by atoms with van der Waals surface area (Å²) >= 11 is 0. The van der Waals surface area contributed by atoms with Crippen molar-refractivity contribution in [1.82, 2.24) is 5.32 Å². The van der Waals surface area contributed by atoms with Crippen LogP contribution >= 0.6 is 0 Å². The highest BCUT2D eigenvalue weighted by molar-refractivity contribution is 6.40. The lowest BCUT2D eigenvalue weighted by Gasteiger charge is -2.14. The van der Waals surface area contributed by atoms with Gasteiger partial charge in [0.05, 0.1) is 0 Å². The highest BCUT2D eigenvalue weighted by Crippen LogP contribution is 2.25. The predicted molar refractivity (Wildman–Crippen MR) is 59.7 cm³/mol. The molecule has 6 N–H and O–H groups in total. The molecule has 16 heavy (non-hydrogen) atoms. The van der Waals surface area contributed by atoms with Crippen molar-refractivity contribution >= 4 is 13.1 Å². The molecule has 1 fully saturated rings. The molecule has 1 saturated heterocycles. The van der Waals surface area contributed by atoms with Crippen molar-refractivity contribution in [1.29, 1.82) is 0 Å². The van der Waals surface area contributed by atoms with Crippen LogP contribution in [0.25, 0.3) is 0 Å². The Hall–Kier alpha value is -0.625. The second-order valence-corrected chi connectivity index (χ2v) is 4.32. The summed E-state index contributed by atoms with van der Waals surface area (Å²) in [4.78, 5) is 11.0. The van der Waals surface area contributed by atoms with Crippen molar-refractivity contribution < 1.29 is 19.9 Å². The normalized spacial score (nSPS) is 29.3. The number of hydrogen-bond donors (Lipinski definition) is 5. The molecule has 0 aliphatic carbocycles. The molecule has 3 atom stereocenters. The molecule has 1 aliphatic heterocycles. The number of nitrogens with one attached hydrogen (secondary N) is 1. The molecule has 3 unspecified atom stereocenters. The van der Waals surface area contributed by atoms with Crippen LogP contribution in [0.2, 0.25) is 6.32 Å². The lowest BCUT2D eigenvalue weighted by atomic mass is 9.81. The molecule has 0 bridgehead atoms. The van der Waals surface area contributed by atoms with Gasteiger partial charge in [-0.25, -0.2) is 0 Å². The number of nitrogens with two attached hydrogens (primary N) is 1. The van der Waals surface area contributed by atoms with Crippen molar-refractivity contribution in [3.8, 4) is 0 Å². The number of aliphatic carboxylic acids is 1. The summed E-state index contributed by atoms with van der Waals surface area (Å²) in [5.41, 5.74) is 5.50. The van der Waals surface area contributed by atoms with Crippen LogP contribution in [-0.2, 0) is 4.79 Å². The number of rotatable bonds is 6. The van der Waals surface area contributed by atoms with E-state index in [0.29, 0.717) is 19.4 Å². The zero-order valence-corrected chi connectivity index (χ0v) is 9.17. The Balaban J connectivity index is 2.40. The van der Waals surface area contributed by atoms with Gasteiger partial charge in [-0.05, 0) is 25.1 Å². The van der Waals surface area contributed by atoms with Gasteiger partial charge in [0.2, 0.25) is 0 Å². The zero-order valence-electron chi connectivity index (χ0n) is 9.17. The van der Waals surface area contributed by atoms with Crippen LogP contribution in [0.15, 0.2) is 0 Å². The van der Waals surface area contributed by atoms with Gasteiger partial charge in [-0.3, -0.25) is 4.79 Å². The van der Waals surface area contributed by atoms with Crippen molar-refractivity contribution in [2.45, 2.75) is 37.7 Å².